The second kappa shape index (κ2) is 12.8. The van der Waals surface area contributed by atoms with Crippen LogP contribution < -0.4 is 4.74 Å². The summed E-state index contributed by atoms with van der Waals surface area (Å²) in [5.74, 6) is 0.159. The number of alkyl halides is 2. The Morgan fingerprint density at radius 3 is 2.55 bits per heavy atom. The van der Waals surface area contributed by atoms with E-state index in [1.807, 2.05) is 66.6 Å². The first-order valence-electron chi connectivity index (χ1n) is 12.1. The van der Waals surface area contributed by atoms with Crippen LogP contribution in [0.5, 0.6) is 5.75 Å². The number of ether oxygens (including phenoxy) is 1. The largest absolute Gasteiger partial charge is 0.494 e. The van der Waals surface area contributed by atoms with Crippen molar-refractivity contribution in [2.45, 2.75) is 37.6 Å². The molecule has 0 aliphatic carbocycles. The molecule has 1 aliphatic heterocycles. The summed E-state index contributed by atoms with van der Waals surface area (Å²) >= 11 is 1.22. The Bertz CT molecular complexity index is 1350. The summed E-state index contributed by atoms with van der Waals surface area (Å²) in [5.41, 5.74) is 3.01. The zero-order valence-electron chi connectivity index (χ0n) is 21.0. The van der Waals surface area contributed by atoms with Gasteiger partial charge in [-0.1, -0.05) is 54.2 Å². The standard InChI is InChI=1S/C29H28F3N3O2S/c1-3-22-11-10-21(18-35(22)17-19-9-12-27(37-2)23(30)15-19)24-16-25(28(31)32)34-29(33-24)38-14-13-26(36)20-7-5-4-6-8-20/h3-12,15-16,18,26,28,36H,13-14,17H2,1-2H3/b22-3-. The van der Waals surface area contributed by atoms with Crippen molar-refractivity contribution in [2.75, 3.05) is 12.9 Å². The van der Waals surface area contributed by atoms with Crippen LogP contribution in [0.1, 0.15) is 48.4 Å². The van der Waals surface area contributed by atoms with Crippen LogP contribution in [0.2, 0.25) is 0 Å². The number of hydrogen-bond acceptors (Lipinski definition) is 6. The van der Waals surface area contributed by atoms with Gasteiger partial charge in [-0.05, 0) is 54.8 Å². The van der Waals surface area contributed by atoms with Gasteiger partial charge in [0.2, 0.25) is 0 Å². The number of hydrogen-bond donors (Lipinski definition) is 1. The van der Waals surface area contributed by atoms with Crippen LogP contribution in [0.4, 0.5) is 13.2 Å². The lowest BCUT2D eigenvalue weighted by Crippen LogP contribution is -2.18. The number of aromatic nitrogens is 2. The van der Waals surface area contributed by atoms with Gasteiger partial charge >= 0.3 is 0 Å². The van der Waals surface area contributed by atoms with E-state index in [1.54, 1.807) is 12.1 Å². The lowest BCUT2D eigenvalue weighted by atomic mass is 10.1. The first-order chi connectivity index (χ1) is 18.4. The molecular formula is C29H28F3N3O2S. The second-order valence-corrected chi connectivity index (χ2v) is 9.62. The van der Waals surface area contributed by atoms with E-state index < -0.39 is 18.3 Å². The maximum absolute atomic E-state index is 14.2. The van der Waals surface area contributed by atoms with Crippen LogP contribution in [0.25, 0.3) is 5.57 Å². The molecule has 38 heavy (non-hydrogen) atoms. The van der Waals surface area contributed by atoms with Crippen LogP contribution >= 0.6 is 11.8 Å². The molecule has 0 saturated heterocycles. The molecule has 0 saturated carbocycles. The average Bonchev–Trinajstić information content (AvgIpc) is 2.93. The summed E-state index contributed by atoms with van der Waals surface area (Å²) in [7, 11) is 1.41. The van der Waals surface area contributed by atoms with Crippen LogP contribution in [0, 0.1) is 5.82 Å². The van der Waals surface area contributed by atoms with Gasteiger partial charge in [0.05, 0.1) is 18.9 Å². The Morgan fingerprint density at radius 2 is 1.87 bits per heavy atom. The van der Waals surface area contributed by atoms with Crippen molar-refractivity contribution in [2.24, 2.45) is 0 Å². The molecule has 1 atom stereocenters. The second-order valence-electron chi connectivity index (χ2n) is 8.55. The van der Waals surface area contributed by atoms with Gasteiger partial charge in [-0.2, -0.15) is 0 Å². The molecule has 198 valence electrons. The highest BCUT2D eigenvalue weighted by atomic mass is 32.2. The molecule has 4 rings (SSSR count). The molecule has 1 aliphatic rings. The summed E-state index contributed by atoms with van der Waals surface area (Å²) in [6.07, 6.45) is 4.39. The van der Waals surface area contributed by atoms with Crippen molar-refractivity contribution in [1.29, 1.82) is 0 Å². The SMILES string of the molecule is C/C=C1/C=CC(c2cc(C(F)F)nc(SCCC(O)c3ccccc3)n2)=CN1Cc1ccc(OC)c(F)c1. The number of aliphatic hydroxyl groups excluding tert-OH is 1. The number of thioether (sulfide) groups is 1. The van der Waals surface area contributed by atoms with Crippen LogP contribution in [-0.4, -0.2) is 32.8 Å². The molecule has 2 aromatic carbocycles. The van der Waals surface area contributed by atoms with Gasteiger partial charge in [0.25, 0.3) is 6.43 Å². The zero-order valence-corrected chi connectivity index (χ0v) is 21.8. The van der Waals surface area contributed by atoms with Crippen molar-refractivity contribution in [1.82, 2.24) is 14.9 Å². The molecule has 9 heteroatoms. The molecule has 0 spiro atoms. The monoisotopic (exact) mass is 539 g/mol. The van der Waals surface area contributed by atoms with E-state index in [2.05, 4.69) is 9.97 Å². The van der Waals surface area contributed by atoms with Crippen molar-refractivity contribution >= 4 is 17.3 Å². The number of methoxy groups -OCH3 is 1. The minimum atomic E-state index is -2.76. The molecule has 0 fully saturated rings. The Labute approximate surface area is 224 Å². The number of benzene rings is 2. The summed E-state index contributed by atoms with van der Waals surface area (Å²) in [4.78, 5) is 10.5. The molecule has 1 N–H and O–H groups in total. The molecule has 0 radical (unpaired) electrons. The maximum atomic E-state index is 14.2. The van der Waals surface area contributed by atoms with Crippen molar-refractivity contribution in [3.63, 3.8) is 0 Å². The van der Waals surface area contributed by atoms with Gasteiger partial charge in [0, 0.05) is 29.8 Å². The van der Waals surface area contributed by atoms with Crippen molar-refractivity contribution in [3.05, 3.63) is 113 Å². The van der Waals surface area contributed by atoms with Crippen molar-refractivity contribution < 1.29 is 23.0 Å². The zero-order chi connectivity index (χ0) is 27.1. The van der Waals surface area contributed by atoms with E-state index in [0.717, 1.165) is 16.8 Å². The minimum absolute atomic E-state index is 0.164. The first kappa shape index (κ1) is 27.5. The van der Waals surface area contributed by atoms with Crippen LogP contribution in [0.3, 0.4) is 0 Å². The van der Waals surface area contributed by atoms with Gasteiger partial charge < -0.3 is 14.7 Å². The Balaban J connectivity index is 1.54. The third-order valence-corrected chi connectivity index (χ3v) is 6.86. The van der Waals surface area contributed by atoms with Crippen molar-refractivity contribution in [3.8, 4) is 5.75 Å². The number of allylic oxidation sites excluding steroid dienone is 4. The van der Waals surface area contributed by atoms with Gasteiger partial charge in [-0.15, -0.1) is 0 Å². The molecule has 1 aromatic heterocycles. The Kier molecular flexibility index (Phi) is 9.25. The predicted octanol–water partition coefficient (Wildman–Crippen LogP) is 7.09. The first-order valence-corrected chi connectivity index (χ1v) is 13.0. The smallest absolute Gasteiger partial charge is 0.280 e. The quantitative estimate of drug-likeness (QED) is 0.219. The molecule has 1 unspecified atom stereocenters. The highest BCUT2D eigenvalue weighted by Crippen LogP contribution is 2.30. The van der Waals surface area contributed by atoms with E-state index in [4.69, 9.17) is 4.74 Å². The number of aliphatic hydroxyl groups is 1. The summed E-state index contributed by atoms with van der Waals surface area (Å²) < 4.78 is 46.7. The van der Waals surface area contributed by atoms with E-state index in [1.165, 1.54) is 31.0 Å². The topological polar surface area (TPSA) is 58.5 Å². The molecule has 3 aromatic rings. The third-order valence-electron chi connectivity index (χ3n) is 5.98. The number of nitrogens with zero attached hydrogens (tertiary/aromatic N) is 3. The lowest BCUT2D eigenvalue weighted by Gasteiger charge is -2.26. The Morgan fingerprint density at radius 1 is 1.08 bits per heavy atom. The molecule has 0 bridgehead atoms. The normalized spacial score (nSPS) is 15.2. The van der Waals surface area contributed by atoms with Crippen LogP contribution in [-0.2, 0) is 6.54 Å². The molecular weight excluding hydrogens is 511 g/mol. The summed E-state index contributed by atoms with van der Waals surface area (Å²) in [6, 6.07) is 15.3. The highest BCUT2D eigenvalue weighted by Gasteiger charge is 2.19. The minimum Gasteiger partial charge on any atom is -0.494 e. The third kappa shape index (κ3) is 6.85. The Hall–Kier alpha value is -3.56. The van der Waals surface area contributed by atoms with E-state index in [-0.39, 0.29) is 16.6 Å². The summed E-state index contributed by atoms with van der Waals surface area (Å²) in [5, 5.41) is 10.6. The fourth-order valence-corrected chi connectivity index (χ4v) is 4.84. The van der Waals surface area contributed by atoms with E-state index in [9.17, 15) is 18.3 Å². The molecule has 0 amide bonds. The highest BCUT2D eigenvalue weighted by molar-refractivity contribution is 7.99. The molecule has 2 heterocycles. The number of rotatable bonds is 10. The van der Waals surface area contributed by atoms with E-state index >= 15 is 0 Å². The van der Waals surface area contributed by atoms with Gasteiger partial charge in [0.15, 0.2) is 16.7 Å². The number of halogens is 3. The molecule has 5 nitrogen and oxygen atoms in total. The maximum Gasteiger partial charge on any atom is 0.280 e. The fourth-order valence-electron chi connectivity index (χ4n) is 3.98. The predicted molar refractivity (Wildman–Crippen MR) is 143 cm³/mol. The average molecular weight is 540 g/mol. The van der Waals surface area contributed by atoms with Crippen LogP contribution in [0.15, 0.2) is 89.9 Å². The van der Waals surface area contributed by atoms with Gasteiger partial charge in [0.1, 0.15) is 5.69 Å². The van der Waals surface area contributed by atoms with Gasteiger partial charge in [-0.3, -0.25) is 0 Å². The van der Waals surface area contributed by atoms with Gasteiger partial charge in [-0.25, -0.2) is 23.1 Å². The lowest BCUT2D eigenvalue weighted by molar-refractivity contribution is 0.145. The summed E-state index contributed by atoms with van der Waals surface area (Å²) in [6.45, 7) is 2.25. The van der Waals surface area contributed by atoms with E-state index in [0.29, 0.717) is 30.0 Å². The fraction of sp³-hybridized carbons (Fsp3) is 0.241.